The van der Waals surface area contributed by atoms with Crippen molar-refractivity contribution in [3.8, 4) is 0 Å². The SMILES string of the molecule is Cl.O=C(CNCC1CC1)N1CCCC1Cc1ccccc1. The van der Waals surface area contributed by atoms with Crippen LogP contribution in [0.15, 0.2) is 30.3 Å². The lowest BCUT2D eigenvalue weighted by atomic mass is 10.0. The topological polar surface area (TPSA) is 32.3 Å². The smallest absolute Gasteiger partial charge is 0.236 e. The van der Waals surface area contributed by atoms with Gasteiger partial charge in [-0.15, -0.1) is 12.4 Å². The van der Waals surface area contributed by atoms with E-state index in [1.807, 2.05) is 6.07 Å². The monoisotopic (exact) mass is 308 g/mol. The van der Waals surface area contributed by atoms with Crippen LogP contribution in [0, 0.1) is 5.92 Å². The highest BCUT2D eigenvalue weighted by molar-refractivity contribution is 5.85. The first-order valence-corrected chi connectivity index (χ1v) is 7.87. The summed E-state index contributed by atoms with van der Waals surface area (Å²) in [6.45, 7) is 2.46. The Bertz CT molecular complexity index is 447. The highest BCUT2D eigenvalue weighted by Crippen LogP contribution is 2.27. The van der Waals surface area contributed by atoms with Gasteiger partial charge in [0, 0.05) is 12.6 Å². The summed E-state index contributed by atoms with van der Waals surface area (Å²) in [5, 5.41) is 3.32. The van der Waals surface area contributed by atoms with Gasteiger partial charge in [-0.2, -0.15) is 0 Å². The predicted octanol–water partition coefficient (Wildman–Crippen LogP) is 2.64. The molecule has 2 aliphatic rings. The molecule has 0 radical (unpaired) electrons. The lowest BCUT2D eigenvalue weighted by Crippen LogP contribution is -2.42. The largest absolute Gasteiger partial charge is 0.338 e. The molecule has 0 bridgehead atoms. The van der Waals surface area contributed by atoms with Crippen molar-refractivity contribution in [1.82, 2.24) is 10.2 Å². The summed E-state index contributed by atoms with van der Waals surface area (Å²) in [6.07, 6.45) is 5.95. The van der Waals surface area contributed by atoms with E-state index in [0.717, 1.165) is 38.3 Å². The van der Waals surface area contributed by atoms with Crippen molar-refractivity contribution in [2.75, 3.05) is 19.6 Å². The number of carbonyl (C=O) groups is 1. The molecule has 4 heteroatoms. The second-order valence-corrected chi connectivity index (χ2v) is 6.15. The molecule has 1 saturated heterocycles. The van der Waals surface area contributed by atoms with Crippen LogP contribution in [0.4, 0.5) is 0 Å². The zero-order chi connectivity index (χ0) is 13.8. The molecule has 1 saturated carbocycles. The van der Waals surface area contributed by atoms with E-state index in [1.165, 1.54) is 18.4 Å². The third-order valence-electron chi connectivity index (χ3n) is 4.42. The number of benzene rings is 1. The first-order valence-electron chi connectivity index (χ1n) is 7.87. The van der Waals surface area contributed by atoms with Crippen LogP contribution in [0.2, 0.25) is 0 Å². The van der Waals surface area contributed by atoms with Gasteiger partial charge in [0.15, 0.2) is 0 Å². The highest BCUT2D eigenvalue weighted by atomic mass is 35.5. The third-order valence-corrected chi connectivity index (χ3v) is 4.42. The number of nitrogens with zero attached hydrogens (tertiary/aromatic N) is 1. The average molecular weight is 309 g/mol. The Labute approximate surface area is 133 Å². The molecule has 2 fully saturated rings. The van der Waals surface area contributed by atoms with Crippen LogP contribution in [-0.2, 0) is 11.2 Å². The minimum atomic E-state index is 0. The highest BCUT2D eigenvalue weighted by Gasteiger charge is 2.28. The lowest BCUT2D eigenvalue weighted by Gasteiger charge is -2.25. The zero-order valence-corrected chi connectivity index (χ0v) is 13.3. The molecule has 1 atom stereocenters. The van der Waals surface area contributed by atoms with E-state index in [-0.39, 0.29) is 18.3 Å². The van der Waals surface area contributed by atoms with Crippen LogP contribution in [0.5, 0.6) is 0 Å². The average Bonchev–Trinajstić information content (AvgIpc) is 3.17. The van der Waals surface area contributed by atoms with Gasteiger partial charge in [0.25, 0.3) is 0 Å². The molecule has 3 nitrogen and oxygen atoms in total. The summed E-state index contributed by atoms with van der Waals surface area (Å²) in [5.74, 6) is 1.12. The molecule has 116 valence electrons. The molecule has 1 aromatic carbocycles. The third kappa shape index (κ3) is 4.72. The maximum Gasteiger partial charge on any atom is 0.236 e. The molecule has 1 heterocycles. The van der Waals surface area contributed by atoms with Gasteiger partial charge in [-0.25, -0.2) is 0 Å². The summed E-state index contributed by atoms with van der Waals surface area (Å²) in [7, 11) is 0. The van der Waals surface area contributed by atoms with Crippen molar-refractivity contribution in [1.29, 1.82) is 0 Å². The molecular formula is C17H25ClN2O. The van der Waals surface area contributed by atoms with E-state index in [9.17, 15) is 4.79 Å². The molecule has 1 aliphatic carbocycles. The standard InChI is InChI=1S/C17H24N2O.ClH/c20-17(13-18-12-15-8-9-15)19-10-4-7-16(19)11-14-5-2-1-3-6-14;/h1-3,5-6,15-16,18H,4,7-13H2;1H. The number of carbonyl (C=O) groups excluding carboxylic acids is 1. The molecular weight excluding hydrogens is 284 g/mol. The van der Waals surface area contributed by atoms with Gasteiger partial charge in [-0.3, -0.25) is 4.79 Å². The van der Waals surface area contributed by atoms with Crippen LogP contribution in [-0.4, -0.2) is 36.5 Å². The summed E-state index contributed by atoms with van der Waals surface area (Å²) < 4.78 is 0. The summed E-state index contributed by atoms with van der Waals surface area (Å²) in [6, 6.07) is 10.9. The molecule has 1 unspecified atom stereocenters. The first-order chi connectivity index (χ1) is 9.83. The molecule has 0 spiro atoms. The van der Waals surface area contributed by atoms with Crippen LogP contribution in [0.3, 0.4) is 0 Å². The number of hydrogen-bond donors (Lipinski definition) is 1. The van der Waals surface area contributed by atoms with Crippen LogP contribution < -0.4 is 5.32 Å². The Kier molecular flexibility index (Phi) is 6.07. The van der Waals surface area contributed by atoms with Crippen molar-refractivity contribution >= 4 is 18.3 Å². The number of hydrogen-bond acceptors (Lipinski definition) is 2. The Morgan fingerprint density at radius 1 is 1.19 bits per heavy atom. The van der Waals surface area contributed by atoms with Gasteiger partial charge < -0.3 is 10.2 Å². The zero-order valence-electron chi connectivity index (χ0n) is 12.5. The van der Waals surface area contributed by atoms with E-state index >= 15 is 0 Å². The van der Waals surface area contributed by atoms with Crippen molar-refractivity contribution in [2.24, 2.45) is 5.92 Å². The van der Waals surface area contributed by atoms with E-state index in [1.54, 1.807) is 0 Å². The minimum Gasteiger partial charge on any atom is -0.338 e. The van der Waals surface area contributed by atoms with Crippen molar-refractivity contribution < 1.29 is 4.79 Å². The van der Waals surface area contributed by atoms with Gasteiger partial charge in [0.05, 0.1) is 6.54 Å². The van der Waals surface area contributed by atoms with Crippen molar-refractivity contribution in [2.45, 2.75) is 38.1 Å². The van der Waals surface area contributed by atoms with E-state index in [2.05, 4.69) is 34.5 Å². The quantitative estimate of drug-likeness (QED) is 0.876. The van der Waals surface area contributed by atoms with Crippen molar-refractivity contribution in [3.63, 3.8) is 0 Å². The molecule has 1 aromatic rings. The van der Waals surface area contributed by atoms with Crippen LogP contribution >= 0.6 is 12.4 Å². The Morgan fingerprint density at radius 3 is 2.67 bits per heavy atom. The fraction of sp³-hybridized carbons (Fsp3) is 0.588. The van der Waals surface area contributed by atoms with Crippen molar-refractivity contribution in [3.05, 3.63) is 35.9 Å². The summed E-state index contributed by atoms with van der Waals surface area (Å²) in [5.41, 5.74) is 1.34. The Hall–Kier alpha value is -1.06. The minimum absolute atomic E-state index is 0. The van der Waals surface area contributed by atoms with Gasteiger partial charge in [0.2, 0.25) is 5.91 Å². The molecule has 0 aromatic heterocycles. The van der Waals surface area contributed by atoms with Crippen LogP contribution in [0.1, 0.15) is 31.2 Å². The number of likely N-dealkylation sites (tertiary alicyclic amines) is 1. The van der Waals surface area contributed by atoms with Gasteiger partial charge in [-0.05, 0) is 50.1 Å². The number of amides is 1. The maximum atomic E-state index is 12.3. The van der Waals surface area contributed by atoms with Gasteiger partial charge in [0.1, 0.15) is 0 Å². The Balaban J connectivity index is 0.00000161. The number of rotatable bonds is 6. The second-order valence-electron chi connectivity index (χ2n) is 6.15. The molecule has 1 amide bonds. The molecule has 3 rings (SSSR count). The normalized spacial score (nSPS) is 21.1. The molecule has 21 heavy (non-hydrogen) atoms. The summed E-state index contributed by atoms with van der Waals surface area (Å²) >= 11 is 0. The van der Waals surface area contributed by atoms with E-state index in [0.29, 0.717) is 12.6 Å². The first kappa shape index (κ1) is 16.3. The second kappa shape index (κ2) is 7.81. The maximum absolute atomic E-state index is 12.3. The van der Waals surface area contributed by atoms with E-state index in [4.69, 9.17) is 0 Å². The number of halogens is 1. The van der Waals surface area contributed by atoms with E-state index < -0.39 is 0 Å². The van der Waals surface area contributed by atoms with Gasteiger partial charge in [-0.1, -0.05) is 30.3 Å². The Morgan fingerprint density at radius 2 is 1.95 bits per heavy atom. The van der Waals surface area contributed by atoms with Gasteiger partial charge >= 0.3 is 0 Å². The predicted molar refractivity (Wildman–Crippen MR) is 87.7 cm³/mol. The molecule has 1 aliphatic heterocycles. The number of nitrogens with one attached hydrogen (secondary N) is 1. The fourth-order valence-electron chi connectivity index (χ4n) is 3.07. The lowest BCUT2D eigenvalue weighted by molar-refractivity contribution is -0.131. The molecule has 1 N–H and O–H groups in total. The summed E-state index contributed by atoms with van der Waals surface area (Å²) in [4.78, 5) is 14.4. The van der Waals surface area contributed by atoms with Crippen LogP contribution in [0.25, 0.3) is 0 Å². The fourth-order valence-corrected chi connectivity index (χ4v) is 3.07.